The van der Waals surface area contributed by atoms with Gasteiger partial charge in [0.1, 0.15) is 6.33 Å². The molecule has 3 rings (SSSR count). The van der Waals surface area contributed by atoms with Crippen LogP contribution in [0.3, 0.4) is 0 Å². The van der Waals surface area contributed by atoms with Crippen LogP contribution in [-0.4, -0.2) is 80.3 Å². The molecule has 1 saturated heterocycles. The first-order valence-electron chi connectivity index (χ1n) is 8.42. The summed E-state index contributed by atoms with van der Waals surface area (Å²) in [5.74, 6) is -0.987. The molecule has 9 heteroatoms. The van der Waals surface area contributed by atoms with Gasteiger partial charge in [-0.25, -0.2) is 9.50 Å². The molecule has 142 valence electrons. The number of pyridine rings is 1. The van der Waals surface area contributed by atoms with E-state index in [0.717, 1.165) is 37.1 Å². The number of carbonyl (C=O) groups is 2. The van der Waals surface area contributed by atoms with Crippen molar-refractivity contribution in [1.82, 2.24) is 24.4 Å². The van der Waals surface area contributed by atoms with Crippen molar-refractivity contribution in [2.24, 2.45) is 5.92 Å². The molecule has 0 aliphatic carbocycles. The maximum atomic E-state index is 11.5. The molecule has 1 aliphatic rings. The smallest absolute Gasteiger partial charge is 0.307 e. The number of likely N-dealkylation sites (tertiary alicyclic amines) is 1. The largest absolute Gasteiger partial charge is 0.483 e. The van der Waals surface area contributed by atoms with Crippen molar-refractivity contribution in [2.45, 2.75) is 25.4 Å². The maximum Gasteiger partial charge on any atom is 0.307 e. The predicted octanol–water partition coefficient (Wildman–Crippen LogP) is 0.657. The molecule has 9 nitrogen and oxygen atoms in total. The Labute approximate surface area is 151 Å². The summed E-state index contributed by atoms with van der Waals surface area (Å²) in [7, 11) is 4.12. The second-order valence-corrected chi connectivity index (χ2v) is 6.63. The highest BCUT2D eigenvalue weighted by atomic mass is 16.4. The normalized spacial score (nSPS) is 21.0. The molecule has 0 aromatic carbocycles. The van der Waals surface area contributed by atoms with Gasteiger partial charge in [-0.05, 0) is 44.6 Å². The molecule has 1 fully saturated rings. The van der Waals surface area contributed by atoms with Crippen LogP contribution >= 0.6 is 0 Å². The summed E-state index contributed by atoms with van der Waals surface area (Å²) < 4.78 is 1.73. The fourth-order valence-electron chi connectivity index (χ4n) is 3.23. The lowest BCUT2D eigenvalue weighted by Crippen LogP contribution is -2.39. The molecule has 2 atom stereocenters. The number of carboxylic acids is 1. The third-order valence-electron chi connectivity index (χ3n) is 4.63. The highest BCUT2D eigenvalue weighted by Crippen LogP contribution is 2.21. The van der Waals surface area contributed by atoms with E-state index in [1.54, 1.807) is 4.52 Å². The number of fused-ring (bicyclic) bond motifs is 1. The first-order chi connectivity index (χ1) is 12.4. The number of aromatic nitrogens is 3. The summed E-state index contributed by atoms with van der Waals surface area (Å²) in [4.78, 5) is 28.5. The molecule has 0 unspecified atom stereocenters. The minimum atomic E-state index is -0.692. The zero-order chi connectivity index (χ0) is 19.1. The lowest BCUT2D eigenvalue weighted by Gasteiger charge is -2.28. The van der Waals surface area contributed by atoms with Crippen LogP contribution in [0.2, 0.25) is 0 Å². The van der Waals surface area contributed by atoms with Crippen molar-refractivity contribution in [1.29, 1.82) is 0 Å². The SMILES string of the molecule is CN(C)[C@@H]1CC[C@H](C(=O)O)CN(Cc2ccn3ncnc3c2)C1.O=CO. The third-order valence-corrected chi connectivity index (χ3v) is 4.63. The molecule has 0 spiro atoms. The summed E-state index contributed by atoms with van der Waals surface area (Å²) in [6.45, 7) is 1.96. The summed E-state index contributed by atoms with van der Waals surface area (Å²) in [5.41, 5.74) is 1.95. The van der Waals surface area contributed by atoms with E-state index in [9.17, 15) is 9.90 Å². The maximum absolute atomic E-state index is 11.5. The van der Waals surface area contributed by atoms with E-state index < -0.39 is 5.97 Å². The zero-order valence-corrected chi connectivity index (χ0v) is 15.0. The van der Waals surface area contributed by atoms with E-state index in [0.29, 0.717) is 12.6 Å². The van der Waals surface area contributed by atoms with Crippen LogP contribution in [-0.2, 0) is 16.1 Å². The van der Waals surface area contributed by atoms with E-state index in [2.05, 4.69) is 34.0 Å². The number of hydrogen-bond donors (Lipinski definition) is 2. The summed E-state index contributed by atoms with van der Waals surface area (Å²) in [6.07, 6.45) is 5.09. The summed E-state index contributed by atoms with van der Waals surface area (Å²) in [5, 5.41) is 20.4. The molecule has 2 N–H and O–H groups in total. The molecule has 0 bridgehead atoms. The van der Waals surface area contributed by atoms with Crippen molar-refractivity contribution >= 4 is 18.1 Å². The molecule has 0 radical (unpaired) electrons. The Morgan fingerprint density at radius 1 is 1.38 bits per heavy atom. The van der Waals surface area contributed by atoms with Crippen LogP contribution in [0.15, 0.2) is 24.7 Å². The molecular weight excluding hydrogens is 338 g/mol. The van der Waals surface area contributed by atoms with Gasteiger partial charge in [0.05, 0.1) is 5.92 Å². The number of aliphatic carboxylic acids is 1. The fraction of sp³-hybridized carbons (Fsp3) is 0.529. The highest BCUT2D eigenvalue weighted by molar-refractivity contribution is 5.70. The van der Waals surface area contributed by atoms with E-state index in [1.807, 2.05) is 18.3 Å². The Kier molecular flexibility index (Phi) is 7.05. The van der Waals surface area contributed by atoms with Gasteiger partial charge in [-0.2, -0.15) is 5.10 Å². The molecular formula is C17H25N5O4. The standard InChI is InChI=1S/C16H23N5O2.CH2O2/c1-19(2)14-4-3-13(16(22)23)9-20(10-14)8-12-5-6-21-15(7-12)17-11-18-21;2-1-3/h5-7,11,13-14H,3-4,8-10H2,1-2H3,(H,22,23);1H,(H,2,3)/t13-,14+;/m0./s1. The van der Waals surface area contributed by atoms with Crippen LogP contribution in [0.1, 0.15) is 18.4 Å². The van der Waals surface area contributed by atoms with Gasteiger partial charge in [-0.15, -0.1) is 0 Å². The van der Waals surface area contributed by atoms with Crippen molar-refractivity contribution < 1.29 is 19.8 Å². The number of hydrogen-bond acceptors (Lipinski definition) is 6. The first-order valence-corrected chi connectivity index (χ1v) is 8.42. The quantitative estimate of drug-likeness (QED) is 0.762. The predicted molar refractivity (Wildman–Crippen MR) is 94.8 cm³/mol. The van der Waals surface area contributed by atoms with Gasteiger partial charge in [0, 0.05) is 31.9 Å². The molecule has 0 amide bonds. The minimum Gasteiger partial charge on any atom is -0.483 e. The zero-order valence-electron chi connectivity index (χ0n) is 15.0. The Bertz CT molecular complexity index is 733. The van der Waals surface area contributed by atoms with E-state index in [-0.39, 0.29) is 12.4 Å². The molecule has 3 heterocycles. The number of nitrogens with zero attached hydrogens (tertiary/aromatic N) is 5. The lowest BCUT2D eigenvalue weighted by atomic mass is 10.0. The van der Waals surface area contributed by atoms with E-state index in [1.165, 1.54) is 6.33 Å². The van der Waals surface area contributed by atoms with Crippen LogP contribution in [0.5, 0.6) is 0 Å². The minimum absolute atomic E-state index is 0.250. The topological polar surface area (TPSA) is 111 Å². The Hall–Kier alpha value is -2.52. The fourth-order valence-corrected chi connectivity index (χ4v) is 3.23. The molecule has 2 aromatic heterocycles. The van der Waals surface area contributed by atoms with Gasteiger partial charge in [-0.1, -0.05) is 0 Å². The van der Waals surface area contributed by atoms with E-state index in [4.69, 9.17) is 9.90 Å². The number of likely N-dealkylation sites (N-methyl/N-ethyl adjacent to an activating group) is 1. The van der Waals surface area contributed by atoms with Crippen LogP contribution in [0, 0.1) is 5.92 Å². The second-order valence-electron chi connectivity index (χ2n) is 6.63. The third kappa shape index (κ3) is 5.24. The Morgan fingerprint density at radius 2 is 2.12 bits per heavy atom. The van der Waals surface area contributed by atoms with Crippen molar-refractivity contribution in [2.75, 3.05) is 27.2 Å². The van der Waals surface area contributed by atoms with Crippen molar-refractivity contribution in [3.8, 4) is 0 Å². The summed E-state index contributed by atoms with van der Waals surface area (Å²) in [6, 6.07) is 4.42. The second kappa shape index (κ2) is 9.25. The molecule has 1 aliphatic heterocycles. The first kappa shape index (κ1) is 19.8. The van der Waals surface area contributed by atoms with Crippen LogP contribution in [0.4, 0.5) is 0 Å². The average Bonchev–Trinajstić information content (AvgIpc) is 2.93. The van der Waals surface area contributed by atoms with Crippen LogP contribution < -0.4 is 0 Å². The van der Waals surface area contributed by atoms with Gasteiger partial charge >= 0.3 is 5.97 Å². The lowest BCUT2D eigenvalue weighted by molar-refractivity contribution is -0.142. The highest BCUT2D eigenvalue weighted by Gasteiger charge is 2.29. The molecule has 0 saturated carbocycles. The van der Waals surface area contributed by atoms with Crippen LogP contribution in [0.25, 0.3) is 5.65 Å². The van der Waals surface area contributed by atoms with Gasteiger partial charge in [0.25, 0.3) is 6.47 Å². The number of rotatable bonds is 4. The Balaban J connectivity index is 0.000000758. The van der Waals surface area contributed by atoms with Gasteiger partial charge in [0.2, 0.25) is 0 Å². The van der Waals surface area contributed by atoms with Gasteiger partial charge < -0.3 is 15.1 Å². The van der Waals surface area contributed by atoms with Crippen molar-refractivity contribution in [3.05, 3.63) is 30.2 Å². The average molecular weight is 363 g/mol. The molecule has 2 aromatic rings. The van der Waals surface area contributed by atoms with Crippen molar-refractivity contribution in [3.63, 3.8) is 0 Å². The number of carboxylic acid groups (broad SMARTS) is 2. The monoisotopic (exact) mass is 363 g/mol. The van der Waals surface area contributed by atoms with Gasteiger partial charge in [-0.3, -0.25) is 14.5 Å². The van der Waals surface area contributed by atoms with Gasteiger partial charge in [0.15, 0.2) is 5.65 Å². The summed E-state index contributed by atoms with van der Waals surface area (Å²) >= 11 is 0. The molecule has 26 heavy (non-hydrogen) atoms. The Morgan fingerprint density at radius 3 is 2.77 bits per heavy atom. The van der Waals surface area contributed by atoms with E-state index >= 15 is 0 Å².